The Morgan fingerprint density at radius 2 is 2.17 bits per heavy atom. The molecule has 2 atom stereocenters. The Bertz CT molecular complexity index is 982. The average molecular weight is 423 g/mol. The molecule has 2 aliphatic heterocycles. The van der Waals surface area contributed by atoms with E-state index in [4.69, 9.17) is 14.7 Å². The normalized spacial score (nSPS) is 18.8. The summed E-state index contributed by atoms with van der Waals surface area (Å²) in [7, 11) is 0. The number of benzene rings is 1. The number of nitrogens with one attached hydrogen (secondary N) is 2. The molecule has 160 valence electrons. The SMILES string of the molecule is C[C@H](Nc1ccc2c(c1)OCCn1cc(N3C(=O)OCC3C(F)F)nc1-2)C(=O)NO. The van der Waals surface area contributed by atoms with Crippen molar-refractivity contribution in [2.75, 3.05) is 23.4 Å². The van der Waals surface area contributed by atoms with Crippen molar-refractivity contribution in [3.8, 4) is 17.1 Å². The fraction of sp³-hybridized carbons (Fsp3) is 0.389. The number of amides is 2. The van der Waals surface area contributed by atoms with Crippen LogP contribution in [0.1, 0.15) is 6.92 Å². The molecule has 2 aromatic rings. The van der Waals surface area contributed by atoms with Crippen molar-refractivity contribution in [2.24, 2.45) is 0 Å². The fourth-order valence-corrected chi connectivity index (χ4v) is 3.37. The quantitative estimate of drug-likeness (QED) is 0.496. The molecule has 0 saturated carbocycles. The number of hydrogen-bond donors (Lipinski definition) is 3. The lowest BCUT2D eigenvalue weighted by molar-refractivity contribution is -0.129. The number of halogens is 2. The second-order valence-electron chi connectivity index (χ2n) is 6.87. The van der Waals surface area contributed by atoms with Gasteiger partial charge in [0.1, 0.15) is 36.9 Å². The molecule has 2 aliphatic rings. The van der Waals surface area contributed by atoms with E-state index in [1.807, 2.05) is 0 Å². The van der Waals surface area contributed by atoms with Gasteiger partial charge in [0, 0.05) is 18.0 Å². The highest BCUT2D eigenvalue weighted by molar-refractivity contribution is 5.90. The van der Waals surface area contributed by atoms with Gasteiger partial charge in [0.25, 0.3) is 12.3 Å². The lowest BCUT2D eigenvalue weighted by Crippen LogP contribution is -2.38. The Balaban J connectivity index is 1.66. The van der Waals surface area contributed by atoms with Crippen molar-refractivity contribution >= 4 is 23.5 Å². The monoisotopic (exact) mass is 423 g/mol. The molecule has 1 unspecified atom stereocenters. The molecule has 4 rings (SSSR count). The maximum Gasteiger partial charge on any atom is 0.416 e. The largest absolute Gasteiger partial charge is 0.491 e. The van der Waals surface area contributed by atoms with Gasteiger partial charge in [0.15, 0.2) is 5.82 Å². The molecule has 0 radical (unpaired) electrons. The number of aromatic nitrogens is 2. The Morgan fingerprint density at radius 1 is 1.37 bits per heavy atom. The Morgan fingerprint density at radius 3 is 2.90 bits per heavy atom. The predicted molar refractivity (Wildman–Crippen MR) is 99.8 cm³/mol. The minimum atomic E-state index is -2.76. The fourth-order valence-electron chi connectivity index (χ4n) is 3.37. The van der Waals surface area contributed by atoms with Crippen LogP contribution in [0.15, 0.2) is 24.4 Å². The molecule has 3 heterocycles. The van der Waals surface area contributed by atoms with Crippen LogP contribution in [-0.4, -0.2) is 58.5 Å². The third-order valence-electron chi connectivity index (χ3n) is 4.91. The van der Waals surface area contributed by atoms with Crippen molar-refractivity contribution < 1.29 is 33.1 Å². The summed E-state index contributed by atoms with van der Waals surface area (Å²) in [5, 5.41) is 11.7. The maximum atomic E-state index is 13.3. The molecule has 10 nitrogen and oxygen atoms in total. The molecular formula is C18H19F2N5O5. The van der Waals surface area contributed by atoms with Gasteiger partial charge in [-0.1, -0.05) is 0 Å². The van der Waals surface area contributed by atoms with Crippen LogP contribution in [0.3, 0.4) is 0 Å². The first-order valence-electron chi connectivity index (χ1n) is 9.18. The van der Waals surface area contributed by atoms with Gasteiger partial charge in [-0.15, -0.1) is 0 Å². The van der Waals surface area contributed by atoms with Crippen LogP contribution in [0, 0.1) is 0 Å². The van der Waals surface area contributed by atoms with Crippen LogP contribution >= 0.6 is 0 Å². The summed E-state index contributed by atoms with van der Waals surface area (Å²) < 4.78 is 38.8. The number of rotatable bonds is 5. The van der Waals surface area contributed by atoms with Crippen LogP contribution in [-0.2, 0) is 16.1 Å². The topological polar surface area (TPSA) is 118 Å². The summed E-state index contributed by atoms with van der Waals surface area (Å²) in [6.07, 6.45) is -2.10. The number of carbonyl (C=O) groups excluding carboxylic acids is 2. The zero-order chi connectivity index (χ0) is 21.4. The van der Waals surface area contributed by atoms with Gasteiger partial charge in [0.05, 0.1) is 12.1 Å². The van der Waals surface area contributed by atoms with Crippen molar-refractivity contribution in [3.63, 3.8) is 0 Å². The smallest absolute Gasteiger partial charge is 0.416 e. The standard InChI is InChI=1S/C18H19F2N5O5/c1-9(17(26)23-28)21-10-2-3-11-13(6-10)29-5-4-24-7-14(22-16(11)24)25-12(15(19)20)8-30-18(25)27/h2-3,6-7,9,12,15,21,28H,4-5,8H2,1H3,(H,23,26)/t9-,12?/m0/s1. The summed E-state index contributed by atoms with van der Waals surface area (Å²) in [6.45, 7) is 1.86. The first-order chi connectivity index (χ1) is 14.4. The molecular weight excluding hydrogens is 404 g/mol. The second-order valence-corrected chi connectivity index (χ2v) is 6.87. The molecule has 3 N–H and O–H groups in total. The van der Waals surface area contributed by atoms with E-state index in [9.17, 15) is 18.4 Å². The minimum Gasteiger partial charge on any atom is -0.491 e. The van der Waals surface area contributed by atoms with Crippen molar-refractivity contribution in [3.05, 3.63) is 24.4 Å². The van der Waals surface area contributed by atoms with Crippen LogP contribution in [0.4, 0.5) is 25.1 Å². The zero-order valence-electron chi connectivity index (χ0n) is 15.8. The van der Waals surface area contributed by atoms with Crippen LogP contribution in [0.25, 0.3) is 11.4 Å². The number of anilines is 2. The number of fused-ring (bicyclic) bond motifs is 3. The first kappa shape index (κ1) is 19.9. The van der Waals surface area contributed by atoms with Gasteiger partial charge in [-0.25, -0.2) is 28.9 Å². The summed E-state index contributed by atoms with van der Waals surface area (Å²) in [4.78, 5) is 28.7. The zero-order valence-corrected chi connectivity index (χ0v) is 15.8. The Labute approximate surface area is 169 Å². The van der Waals surface area contributed by atoms with E-state index in [0.29, 0.717) is 29.4 Å². The molecule has 0 spiro atoms. The second kappa shape index (κ2) is 7.78. The van der Waals surface area contributed by atoms with Crippen LogP contribution < -0.4 is 20.4 Å². The van der Waals surface area contributed by atoms with Crippen molar-refractivity contribution in [2.45, 2.75) is 32.0 Å². The third-order valence-corrected chi connectivity index (χ3v) is 4.91. The highest BCUT2D eigenvalue weighted by Gasteiger charge is 2.42. The van der Waals surface area contributed by atoms with Crippen molar-refractivity contribution in [1.82, 2.24) is 15.0 Å². The number of alkyl halides is 2. The number of carbonyl (C=O) groups is 2. The van der Waals surface area contributed by atoms with E-state index < -0.39 is 37.1 Å². The van der Waals surface area contributed by atoms with E-state index in [2.05, 4.69) is 10.3 Å². The van der Waals surface area contributed by atoms with E-state index in [0.717, 1.165) is 4.90 Å². The summed E-state index contributed by atoms with van der Waals surface area (Å²) >= 11 is 0. The summed E-state index contributed by atoms with van der Waals surface area (Å²) in [5.74, 6) is 0.415. The highest BCUT2D eigenvalue weighted by Crippen LogP contribution is 2.36. The summed E-state index contributed by atoms with van der Waals surface area (Å²) in [6, 6.07) is 2.99. The molecule has 1 fully saturated rings. The Hall–Kier alpha value is -3.41. The Kier molecular flexibility index (Phi) is 5.16. The van der Waals surface area contributed by atoms with Gasteiger partial charge in [-0.2, -0.15) is 0 Å². The van der Waals surface area contributed by atoms with E-state index >= 15 is 0 Å². The van der Waals surface area contributed by atoms with Gasteiger partial charge in [0.2, 0.25) is 0 Å². The van der Waals surface area contributed by atoms with E-state index in [1.165, 1.54) is 6.20 Å². The highest BCUT2D eigenvalue weighted by atomic mass is 19.3. The minimum absolute atomic E-state index is 0.0843. The first-order valence-corrected chi connectivity index (χ1v) is 9.18. The molecule has 12 heteroatoms. The number of hydroxylamine groups is 1. The molecule has 0 bridgehead atoms. The predicted octanol–water partition coefficient (Wildman–Crippen LogP) is 1.84. The molecule has 1 saturated heterocycles. The maximum absolute atomic E-state index is 13.3. The lowest BCUT2D eigenvalue weighted by Gasteiger charge is -2.17. The number of nitrogens with zero attached hydrogens (tertiary/aromatic N) is 3. The van der Waals surface area contributed by atoms with Gasteiger partial charge < -0.3 is 19.4 Å². The molecule has 0 aliphatic carbocycles. The average Bonchev–Trinajstić information content (AvgIpc) is 3.26. The molecule has 1 aromatic carbocycles. The van der Waals surface area contributed by atoms with Crippen molar-refractivity contribution in [1.29, 1.82) is 0 Å². The number of imidazole rings is 1. The van der Waals surface area contributed by atoms with Gasteiger partial charge >= 0.3 is 6.09 Å². The third kappa shape index (κ3) is 3.49. The van der Waals surface area contributed by atoms with Crippen LogP contribution in [0.2, 0.25) is 0 Å². The van der Waals surface area contributed by atoms with Crippen LogP contribution in [0.5, 0.6) is 5.75 Å². The van der Waals surface area contributed by atoms with E-state index in [1.54, 1.807) is 35.2 Å². The molecule has 2 amide bonds. The number of hydrogen-bond acceptors (Lipinski definition) is 7. The van der Waals surface area contributed by atoms with Gasteiger partial charge in [-0.3, -0.25) is 10.0 Å². The molecule has 1 aromatic heterocycles. The van der Waals surface area contributed by atoms with E-state index in [-0.39, 0.29) is 12.4 Å². The number of cyclic esters (lactones) is 1. The number of ether oxygens (including phenoxy) is 2. The van der Waals surface area contributed by atoms with Gasteiger partial charge in [-0.05, 0) is 19.1 Å². The lowest BCUT2D eigenvalue weighted by atomic mass is 10.1. The summed E-state index contributed by atoms with van der Waals surface area (Å²) in [5.41, 5.74) is 2.75. The molecule has 30 heavy (non-hydrogen) atoms.